The Morgan fingerprint density at radius 3 is 1.23 bits per heavy atom. The van der Waals surface area contributed by atoms with E-state index in [1.807, 2.05) is 14.7 Å². The number of nitrogens with zero attached hydrogens (tertiary/aromatic N) is 6. The van der Waals surface area contributed by atoms with E-state index >= 15 is 0 Å². The van der Waals surface area contributed by atoms with E-state index in [1.54, 1.807) is 36.4 Å². The van der Waals surface area contributed by atoms with Crippen LogP contribution in [-0.4, -0.2) is 166 Å². The summed E-state index contributed by atoms with van der Waals surface area (Å²) in [6.45, 7) is 9.92. The van der Waals surface area contributed by atoms with Crippen molar-refractivity contribution in [3.05, 3.63) is 72.0 Å². The number of nitrogens with two attached hydrogens (primary N) is 1. The van der Waals surface area contributed by atoms with Gasteiger partial charge in [0.1, 0.15) is 35.8 Å². The van der Waals surface area contributed by atoms with Crippen molar-refractivity contribution in [1.29, 1.82) is 0 Å². The summed E-state index contributed by atoms with van der Waals surface area (Å²) in [5, 5.41) is 11.6. The molecule has 6 fully saturated rings. The molecule has 0 radical (unpaired) electrons. The molecule has 6 saturated heterocycles. The third-order valence-electron chi connectivity index (χ3n) is 11.5. The second-order valence-corrected chi connectivity index (χ2v) is 15.9. The molecule has 4 amide bonds. The molecular weight excluding hydrogens is 874 g/mol. The van der Waals surface area contributed by atoms with Gasteiger partial charge in [0.25, 0.3) is 0 Å². The average Bonchev–Trinajstić information content (AvgIpc) is 4.04. The third-order valence-corrected chi connectivity index (χ3v) is 11.5. The van der Waals surface area contributed by atoms with Gasteiger partial charge in [-0.25, -0.2) is 27.6 Å². The number of carbonyl (C=O) groups excluding carboxylic acids is 4. The maximum Gasteiger partial charge on any atom is 0.414 e. The third kappa shape index (κ3) is 11.8. The van der Waals surface area contributed by atoms with E-state index in [4.69, 9.17) is 39.3 Å². The van der Waals surface area contributed by atoms with Crippen LogP contribution in [0.4, 0.5) is 61.7 Å². The number of ether oxygens (including phenoxy) is 6. The number of amides is 4. The van der Waals surface area contributed by atoms with Crippen molar-refractivity contribution < 1.29 is 65.9 Å². The molecule has 4 N–H and O–H groups in total. The molecule has 0 saturated carbocycles. The van der Waals surface area contributed by atoms with Gasteiger partial charge in [0.2, 0.25) is 5.91 Å². The first kappa shape index (κ1) is 47.9. The lowest BCUT2D eigenvalue weighted by atomic mass is 10.2. The van der Waals surface area contributed by atoms with E-state index in [-0.39, 0.29) is 62.2 Å². The standard InChI is InChI=1S/C16H20FN3O4.C14H18FN3O3.C14H17FN2O4/c1-11(21)18-9-13-10-20(16(22)24-13)12-2-3-15(14(17)8-12)19-4-6-23-7-5-19;15-12-7-10(18-9-11(8-16)21-14(18)19)1-2-13(12)17-3-5-20-6-4-17;15-12-7-10(17-8-11(9-18)21-14(17)19)1-2-13(12)16-3-5-20-6-4-16/h2-3,8,13H,4-7,9-10H2,1H3,(H,18,21);1-2,7,11H,3-6,8-9,16H2;1-2,7,11,18H,3-6,8-9H2/t13-;2*11-/m001/s1. The Morgan fingerprint density at radius 2 is 0.924 bits per heavy atom. The number of halogens is 3. The Hall–Kier alpha value is -6.07. The van der Waals surface area contributed by atoms with Gasteiger partial charge >= 0.3 is 18.3 Å². The molecule has 3 aromatic rings. The minimum absolute atomic E-state index is 0.189. The summed E-state index contributed by atoms with van der Waals surface area (Å²) in [6.07, 6.45) is -2.91. The molecule has 0 aliphatic carbocycles. The Morgan fingerprint density at radius 1 is 0.591 bits per heavy atom. The number of rotatable bonds is 10. The zero-order valence-electron chi connectivity index (χ0n) is 36.6. The quantitative estimate of drug-likeness (QED) is 0.251. The first-order valence-electron chi connectivity index (χ1n) is 21.8. The van der Waals surface area contributed by atoms with Crippen LogP contribution in [-0.2, 0) is 33.2 Å². The van der Waals surface area contributed by atoms with Gasteiger partial charge in [-0.1, -0.05) is 0 Å². The summed E-state index contributed by atoms with van der Waals surface area (Å²) in [5.74, 6) is -1.30. The first-order valence-corrected chi connectivity index (χ1v) is 21.8. The van der Waals surface area contributed by atoms with Gasteiger partial charge in [-0.05, 0) is 54.6 Å². The van der Waals surface area contributed by atoms with E-state index in [0.29, 0.717) is 120 Å². The highest BCUT2D eigenvalue weighted by Gasteiger charge is 2.35. The van der Waals surface area contributed by atoms with Gasteiger partial charge < -0.3 is 59.3 Å². The Bertz CT molecular complexity index is 2080. The van der Waals surface area contributed by atoms with Crippen molar-refractivity contribution in [3.63, 3.8) is 0 Å². The summed E-state index contributed by atoms with van der Waals surface area (Å²) in [5.41, 5.74) is 8.41. The minimum Gasteiger partial charge on any atom is -0.443 e. The molecule has 6 heterocycles. The van der Waals surface area contributed by atoms with E-state index in [0.717, 1.165) is 0 Å². The highest BCUT2D eigenvalue weighted by Crippen LogP contribution is 2.31. The predicted molar refractivity (Wildman–Crippen MR) is 236 cm³/mol. The van der Waals surface area contributed by atoms with Crippen LogP contribution in [0.5, 0.6) is 0 Å². The summed E-state index contributed by atoms with van der Waals surface area (Å²) in [7, 11) is 0. The van der Waals surface area contributed by atoms with E-state index in [1.165, 1.54) is 39.8 Å². The van der Waals surface area contributed by atoms with Crippen molar-refractivity contribution in [2.24, 2.45) is 5.73 Å². The van der Waals surface area contributed by atoms with Gasteiger partial charge in [0.05, 0.1) is 107 Å². The molecule has 0 unspecified atom stereocenters. The molecule has 3 aromatic carbocycles. The highest BCUT2D eigenvalue weighted by atomic mass is 19.1. The normalized spacial score (nSPS) is 22.0. The molecule has 19 nitrogen and oxygen atoms in total. The van der Waals surface area contributed by atoms with Gasteiger partial charge in [0.15, 0.2) is 0 Å². The van der Waals surface area contributed by atoms with Gasteiger partial charge in [0, 0.05) is 52.7 Å². The summed E-state index contributed by atoms with van der Waals surface area (Å²) in [6, 6.07) is 14.2. The Labute approximate surface area is 379 Å². The van der Waals surface area contributed by atoms with Crippen molar-refractivity contribution in [3.8, 4) is 0 Å². The van der Waals surface area contributed by atoms with Crippen LogP contribution in [0.2, 0.25) is 0 Å². The molecule has 0 aromatic heterocycles. The number of aliphatic hydroxyl groups is 1. The molecule has 66 heavy (non-hydrogen) atoms. The van der Waals surface area contributed by atoms with E-state index in [2.05, 4.69) is 5.32 Å². The van der Waals surface area contributed by atoms with Gasteiger partial charge in [-0.3, -0.25) is 19.5 Å². The Kier molecular flexibility index (Phi) is 16.3. The smallest absolute Gasteiger partial charge is 0.414 e. The van der Waals surface area contributed by atoms with Crippen LogP contribution in [0, 0.1) is 17.5 Å². The van der Waals surface area contributed by atoms with Crippen molar-refractivity contribution in [2.75, 3.05) is 148 Å². The second-order valence-electron chi connectivity index (χ2n) is 15.9. The van der Waals surface area contributed by atoms with Crippen molar-refractivity contribution >= 4 is 58.3 Å². The molecule has 22 heteroatoms. The fraction of sp³-hybridized carbons (Fsp3) is 0.500. The summed E-state index contributed by atoms with van der Waals surface area (Å²) >= 11 is 0. The fourth-order valence-corrected chi connectivity index (χ4v) is 7.95. The van der Waals surface area contributed by atoms with Crippen LogP contribution in [0.1, 0.15) is 6.92 Å². The van der Waals surface area contributed by atoms with Crippen LogP contribution in [0.3, 0.4) is 0 Å². The molecule has 0 bridgehead atoms. The summed E-state index contributed by atoms with van der Waals surface area (Å²) < 4.78 is 74.0. The molecule has 3 atom stereocenters. The number of morpholine rings is 3. The Balaban J connectivity index is 0.000000148. The maximum absolute atomic E-state index is 14.4. The maximum atomic E-state index is 14.4. The molecule has 9 rings (SSSR count). The number of hydrogen-bond donors (Lipinski definition) is 3. The molecule has 6 aliphatic heterocycles. The van der Waals surface area contributed by atoms with Gasteiger partial charge in [-0.2, -0.15) is 0 Å². The SMILES string of the molecule is CC(=O)NC[C@H]1CN(c2ccc(N3CCOCC3)c(F)c2)C(=O)O1.NC[C@H]1CN(c2ccc(N3CCOCC3)c(F)c2)C(=O)O1.O=C1O[C@@H](CO)CN1c1ccc(N2CCOCC2)c(F)c1. The monoisotopic (exact) mass is 928 g/mol. The topological polar surface area (TPSA) is 201 Å². The molecule has 0 spiro atoms. The predicted octanol–water partition coefficient (Wildman–Crippen LogP) is 3.05. The number of nitrogens with one attached hydrogen (secondary N) is 1. The number of cyclic esters (lactones) is 3. The van der Waals surface area contributed by atoms with Crippen molar-refractivity contribution in [1.82, 2.24) is 5.32 Å². The van der Waals surface area contributed by atoms with Crippen LogP contribution in [0.15, 0.2) is 54.6 Å². The second kappa shape index (κ2) is 22.4. The number of hydrogen-bond acceptors (Lipinski definition) is 15. The first-order chi connectivity index (χ1) is 31.9. The number of carbonyl (C=O) groups is 4. The lowest BCUT2D eigenvalue weighted by Crippen LogP contribution is -2.36. The van der Waals surface area contributed by atoms with E-state index in [9.17, 15) is 32.3 Å². The molecule has 6 aliphatic rings. The van der Waals surface area contributed by atoms with Crippen LogP contribution in [0.25, 0.3) is 0 Å². The number of benzene rings is 3. The highest BCUT2D eigenvalue weighted by molar-refractivity contribution is 5.91. The molecule has 358 valence electrons. The number of aliphatic hydroxyl groups excluding tert-OH is 1. The van der Waals surface area contributed by atoms with Crippen molar-refractivity contribution in [2.45, 2.75) is 25.2 Å². The fourth-order valence-electron chi connectivity index (χ4n) is 7.95. The minimum atomic E-state index is -0.562. The molecular formula is C44H55F3N8O11. The summed E-state index contributed by atoms with van der Waals surface area (Å²) in [4.78, 5) is 56.2. The largest absolute Gasteiger partial charge is 0.443 e. The van der Waals surface area contributed by atoms with E-state index < -0.39 is 30.5 Å². The number of anilines is 6. The average molecular weight is 929 g/mol. The van der Waals surface area contributed by atoms with Gasteiger partial charge in [-0.15, -0.1) is 0 Å². The zero-order valence-corrected chi connectivity index (χ0v) is 36.6. The zero-order chi connectivity index (χ0) is 46.7. The van der Waals surface area contributed by atoms with Crippen LogP contribution < -0.4 is 40.4 Å². The lowest BCUT2D eigenvalue weighted by Gasteiger charge is -2.29. The van der Waals surface area contributed by atoms with Crippen LogP contribution >= 0.6 is 0 Å². The lowest BCUT2D eigenvalue weighted by molar-refractivity contribution is -0.119.